The van der Waals surface area contributed by atoms with Crippen molar-refractivity contribution < 1.29 is 22.7 Å². The molecular formula is C34H45F3N6O2. The van der Waals surface area contributed by atoms with Gasteiger partial charge >= 0.3 is 6.03 Å². The second kappa shape index (κ2) is 13.5. The van der Waals surface area contributed by atoms with Crippen LogP contribution in [0.3, 0.4) is 0 Å². The van der Waals surface area contributed by atoms with Crippen molar-refractivity contribution in [2.24, 2.45) is 17.3 Å². The molecule has 0 spiro atoms. The number of carbonyl (C=O) groups is 1. The molecule has 2 aliphatic heterocycles. The highest BCUT2D eigenvalue weighted by atomic mass is 19.1. The third-order valence-corrected chi connectivity index (χ3v) is 8.84. The molecule has 0 bridgehead atoms. The van der Waals surface area contributed by atoms with Crippen molar-refractivity contribution in [2.45, 2.75) is 72.8 Å². The molecule has 2 fully saturated rings. The number of hydrogen-bond donors (Lipinski definition) is 1. The summed E-state index contributed by atoms with van der Waals surface area (Å²) in [7, 11) is 0. The Labute approximate surface area is 264 Å². The van der Waals surface area contributed by atoms with Crippen LogP contribution in [0.25, 0.3) is 11.4 Å². The minimum atomic E-state index is -0.662. The van der Waals surface area contributed by atoms with Crippen LogP contribution in [0.15, 0.2) is 42.5 Å². The van der Waals surface area contributed by atoms with E-state index in [1.165, 1.54) is 12.1 Å². The van der Waals surface area contributed by atoms with E-state index in [1.54, 1.807) is 16.8 Å². The molecule has 1 aromatic heterocycles. The summed E-state index contributed by atoms with van der Waals surface area (Å²) in [6.45, 7) is 15.4. The van der Waals surface area contributed by atoms with Crippen LogP contribution in [0.4, 0.5) is 18.0 Å². The predicted molar refractivity (Wildman–Crippen MR) is 167 cm³/mol. The highest BCUT2D eigenvalue weighted by Crippen LogP contribution is 2.41. The lowest BCUT2D eigenvalue weighted by Crippen LogP contribution is -2.56. The molecule has 11 heteroatoms. The second-order valence-corrected chi connectivity index (χ2v) is 13.7. The van der Waals surface area contributed by atoms with Crippen molar-refractivity contribution in [3.05, 3.63) is 71.3 Å². The van der Waals surface area contributed by atoms with Gasteiger partial charge in [0, 0.05) is 19.6 Å². The van der Waals surface area contributed by atoms with E-state index in [4.69, 9.17) is 9.72 Å². The lowest BCUT2D eigenvalue weighted by molar-refractivity contribution is -0.0620. The number of amides is 2. The molecule has 1 N–H and O–H groups in total. The molecular weight excluding hydrogens is 581 g/mol. The van der Waals surface area contributed by atoms with Crippen LogP contribution in [0.2, 0.25) is 0 Å². The van der Waals surface area contributed by atoms with E-state index in [1.807, 2.05) is 44.4 Å². The number of nitrogens with zero attached hydrogens (tertiary/aromatic N) is 5. The lowest BCUT2D eigenvalue weighted by Gasteiger charge is -2.45. The molecule has 0 aliphatic carbocycles. The van der Waals surface area contributed by atoms with Gasteiger partial charge in [0.05, 0.1) is 30.4 Å². The molecule has 2 aromatic carbocycles. The summed E-state index contributed by atoms with van der Waals surface area (Å²) in [6.07, 6.45) is 0.733. The summed E-state index contributed by atoms with van der Waals surface area (Å²) in [4.78, 5) is 23.3. The van der Waals surface area contributed by atoms with Crippen molar-refractivity contribution >= 4 is 6.03 Å². The molecule has 5 atom stereocenters. The monoisotopic (exact) mass is 626 g/mol. The van der Waals surface area contributed by atoms with Crippen LogP contribution in [0.5, 0.6) is 0 Å². The molecule has 244 valence electrons. The first-order valence-corrected chi connectivity index (χ1v) is 15.9. The first-order valence-electron chi connectivity index (χ1n) is 15.9. The summed E-state index contributed by atoms with van der Waals surface area (Å²) in [6, 6.07) is 8.60. The first kappa shape index (κ1) is 32.9. The fourth-order valence-corrected chi connectivity index (χ4v) is 6.80. The lowest BCUT2D eigenvalue weighted by atomic mass is 9.83. The molecule has 5 rings (SSSR count). The number of morpholine rings is 1. The van der Waals surface area contributed by atoms with E-state index < -0.39 is 28.9 Å². The van der Waals surface area contributed by atoms with Crippen LogP contribution >= 0.6 is 0 Å². The third kappa shape index (κ3) is 7.52. The number of carbonyl (C=O) groups excluding carboxylic acids is 1. The quantitative estimate of drug-likeness (QED) is 0.319. The molecule has 2 amide bonds. The highest BCUT2D eigenvalue weighted by Gasteiger charge is 2.43. The van der Waals surface area contributed by atoms with Crippen molar-refractivity contribution in [2.75, 3.05) is 32.7 Å². The summed E-state index contributed by atoms with van der Waals surface area (Å²) in [5, 5.41) is 8.17. The molecule has 3 aromatic rings. The van der Waals surface area contributed by atoms with Crippen LogP contribution in [-0.2, 0) is 11.3 Å². The van der Waals surface area contributed by atoms with E-state index in [-0.39, 0.29) is 42.1 Å². The van der Waals surface area contributed by atoms with Gasteiger partial charge in [-0.25, -0.2) is 27.6 Å². The number of ether oxygens (including phenoxy) is 1. The molecule has 2 saturated heterocycles. The largest absolute Gasteiger partial charge is 0.372 e. The first-order chi connectivity index (χ1) is 21.3. The van der Waals surface area contributed by atoms with Crippen LogP contribution in [-0.4, -0.2) is 75.5 Å². The normalized spacial score (nSPS) is 22.9. The highest BCUT2D eigenvalue weighted by molar-refractivity contribution is 5.75. The molecule has 8 nitrogen and oxygen atoms in total. The average Bonchev–Trinajstić information content (AvgIpc) is 3.59. The van der Waals surface area contributed by atoms with Crippen molar-refractivity contribution in [3.63, 3.8) is 0 Å². The standard InChI is InChI=1S/C34H45F3N6O2/c1-7-24-15-38-16-25(24)20-42(33(44)41-17-21(2)45-22(3)18-41)30(34(4,5)6)32-39-31(28-14-27(36)11-12-29(28)37)40-43(32)19-23-9-8-10-26(35)13-23/h8-14,21-22,24-25,30,38H,7,15-20H2,1-6H3/t21-,22+,24-,25-,30-/m0/s1. The Kier molecular flexibility index (Phi) is 9.88. The maximum Gasteiger partial charge on any atom is 0.320 e. The summed E-state index contributed by atoms with van der Waals surface area (Å²) < 4.78 is 51.2. The Morgan fingerprint density at radius 3 is 2.40 bits per heavy atom. The summed E-state index contributed by atoms with van der Waals surface area (Å²) in [5.41, 5.74) is -0.0151. The number of halogens is 3. The topological polar surface area (TPSA) is 75.5 Å². The van der Waals surface area contributed by atoms with Gasteiger partial charge in [0.15, 0.2) is 11.6 Å². The SMILES string of the molecule is CC[C@H]1CNC[C@H]1CN(C(=O)N1C[C@@H](C)O[C@@H](C)C1)[C@@H](c1nc(-c2cc(F)ccc2F)nn1Cc1cccc(F)c1)C(C)(C)C. The van der Waals surface area contributed by atoms with E-state index >= 15 is 4.39 Å². The third-order valence-electron chi connectivity index (χ3n) is 8.84. The van der Waals surface area contributed by atoms with E-state index in [0.717, 1.165) is 37.7 Å². The fraction of sp³-hybridized carbons (Fsp3) is 0.559. The maximum absolute atomic E-state index is 15.1. The van der Waals surface area contributed by atoms with Gasteiger partial charge < -0.3 is 19.9 Å². The van der Waals surface area contributed by atoms with Crippen molar-refractivity contribution in [1.82, 2.24) is 29.9 Å². The van der Waals surface area contributed by atoms with Crippen molar-refractivity contribution in [3.8, 4) is 11.4 Å². The Hall–Kier alpha value is -3.44. The molecule has 45 heavy (non-hydrogen) atoms. The molecule has 0 unspecified atom stereocenters. The number of nitrogens with one attached hydrogen (secondary N) is 1. The predicted octanol–water partition coefficient (Wildman–Crippen LogP) is 6.27. The zero-order chi connectivity index (χ0) is 32.5. The molecule has 2 aliphatic rings. The molecule has 0 radical (unpaired) electrons. The Morgan fingerprint density at radius 2 is 1.73 bits per heavy atom. The van der Waals surface area contributed by atoms with Gasteiger partial charge in [0.1, 0.15) is 17.5 Å². The number of urea groups is 1. The number of hydrogen-bond acceptors (Lipinski definition) is 5. The fourth-order valence-electron chi connectivity index (χ4n) is 6.80. The van der Waals surface area contributed by atoms with Gasteiger partial charge in [-0.2, -0.15) is 5.10 Å². The van der Waals surface area contributed by atoms with E-state index in [9.17, 15) is 13.6 Å². The number of benzene rings is 2. The molecule has 3 heterocycles. The summed E-state index contributed by atoms with van der Waals surface area (Å²) in [5.74, 6) is -0.650. The summed E-state index contributed by atoms with van der Waals surface area (Å²) >= 11 is 0. The minimum Gasteiger partial charge on any atom is -0.372 e. The zero-order valence-corrected chi connectivity index (χ0v) is 27.1. The Bertz CT molecular complexity index is 1480. The Morgan fingerprint density at radius 1 is 1.04 bits per heavy atom. The van der Waals surface area contributed by atoms with Gasteiger partial charge in [-0.15, -0.1) is 0 Å². The van der Waals surface area contributed by atoms with Crippen LogP contribution < -0.4 is 5.32 Å². The van der Waals surface area contributed by atoms with Gasteiger partial charge in [0.2, 0.25) is 0 Å². The second-order valence-electron chi connectivity index (χ2n) is 13.7. The Balaban J connectivity index is 1.66. The van der Waals surface area contributed by atoms with E-state index in [2.05, 4.69) is 17.3 Å². The van der Waals surface area contributed by atoms with Gasteiger partial charge in [-0.3, -0.25) is 0 Å². The minimum absolute atomic E-state index is 0.00244. The number of aromatic nitrogens is 3. The number of rotatable bonds is 8. The smallest absolute Gasteiger partial charge is 0.320 e. The maximum atomic E-state index is 15.1. The van der Waals surface area contributed by atoms with E-state index in [0.29, 0.717) is 36.9 Å². The molecule has 0 saturated carbocycles. The zero-order valence-electron chi connectivity index (χ0n) is 27.1. The van der Waals surface area contributed by atoms with Crippen molar-refractivity contribution in [1.29, 1.82) is 0 Å². The van der Waals surface area contributed by atoms with Gasteiger partial charge in [-0.05, 0) is 80.1 Å². The van der Waals surface area contributed by atoms with Gasteiger partial charge in [-0.1, -0.05) is 46.2 Å². The van der Waals surface area contributed by atoms with Gasteiger partial charge in [0.25, 0.3) is 0 Å². The van der Waals surface area contributed by atoms with Crippen LogP contribution in [0, 0.1) is 34.7 Å². The average molecular weight is 627 g/mol. The van der Waals surface area contributed by atoms with Crippen LogP contribution in [0.1, 0.15) is 65.4 Å².